The molecule has 0 spiro atoms. The van der Waals surface area contributed by atoms with E-state index in [0.717, 1.165) is 37.8 Å². The van der Waals surface area contributed by atoms with Crippen LogP contribution in [0.25, 0.3) is 11.0 Å². The molecule has 3 rings (SSSR count). The number of fused-ring (bicyclic) bond motifs is 1. The molecule has 0 amide bonds. The molecule has 2 aromatic rings. The third-order valence-corrected chi connectivity index (χ3v) is 4.22. The van der Waals surface area contributed by atoms with Crippen molar-refractivity contribution >= 4 is 16.7 Å². The highest BCUT2D eigenvalue weighted by Crippen LogP contribution is 2.31. The van der Waals surface area contributed by atoms with Crippen molar-refractivity contribution < 1.29 is 9.52 Å². The van der Waals surface area contributed by atoms with E-state index in [9.17, 15) is 5.11 Å². The van der Waals surface area contributed by atoms with Gasteiger partial charge >= 0.3 is 0 Å². The molecule has 1 N–H and O–H groups in total. The number of aliphatic hydroxyl groups is 1. The summed E-state index contributed by atoms with van der Waals surface area (Å²) >= 11 is 0. The zero-order valence-electron chi connectivity index (χ0n) is 11.4. The SMILES string of the molecule is CN(CC1CCC(O)CC1)c1coc2ccccc12. The zero-order chi connectivity index (χ0) is 13.2. The summed E-state index contributed by atoms with van der Waals surface area (Å²) in [6.07, 6.45) is 5.93. The molecule has 0 aliphatic heterocycles. The van der Waals surface area contributed by atoms with Crippen LogP contribution in [0.3, 0.4) is 0 Å². The van der Waals surface area contributed by atoms with Gasteiger partial charge in [-0.2, -0.15) is 0 Å². The van der Waals surface area contributed by atoms with Crippen LogP contribution in [0.1, 0.15) is 25.7 Å². The highest BCUT2D eigenvalue weighted by atomic mass is 16.3. The molecule has 1 heterocycles. The number of nitrogens with zero attached hydrogens (tertiary/aromatic N) is 1. The van der Waals surface area contributed by atoms with Crippen molar-refractivity contribution in [1.82, 2.24) is 0 Å². The molecule has 3 nitrogen and oxygen atoms in total. The lowest BCUT2D eigenvalue weighted by Gasteiger charge is -2.29. The van der Waals surface area contributed by atoms with E-state index < -0.39 is 0 Å². The minimum absolute atomic E-state index is 0.0729. The molecule has 0 atom stereocenters. The first-order valence-corrected chi connectivity index (χ1v) is 7.09. The lowest BCUT2D eigenvalue weighted by atomic mass is 9.87. The van der Waals surface area contributed by atoms with Crippen molar-refractivity contribution in [1.29, 1.82) is 0 Å². The van der Waals surface area contributed by atoms with Crippen LogP contribution in [0.2, 0.25) is 0 Å². The summed E-state index contributed by atoms with van der Waals surface area (Å²) in [5.74, 6) is 0.682. The van der Waals surface area contributed by atoms with Gasteiger partial charge in [0.05, 0.1) is 11.8 Å². The van der Waals surface area contributed by atoms with Crippen LogP contribution in [0.5, 0.6) is 0 Å². The number of aliphatic hydroxyl groups excluding tert-OH is 1. The van der Waals surface area contributed by atoms with Gasteiger partial charge in [-0.1, -0.05) is 12.1 Å². The van der Waals surface area contributed by atoms with Gasteiger partial charge in [-0.15, -0.1) is 0 Å². The van der Waals surface area contributed by atoms with E-state index in [0.29, 0.717) is 5.92 Å². The molecule has 3 heteroatoms. The first-order chi connectivity index (χ1) is 9.24. The second-order valence-electron chi connectivity index (χ2n) is 5.67. The Kier molecular flexibility index (Phi) is 3.47. The highest BCUT2D eigenvalue weighted by Gasteiger charge is 2.21. The highest BCUT2D eigenvalue weighted by molar-refractivity contribution is 5.90. The predicted octanol–water partition coefficient (Wildman–Crippen LogP) is 3.42. The van der Waals surface area contributed by atoms with Crippen molar-refractivity contribution in [2.45, 2.75) is 31.8 Å². The summed E-state index contributed by atoms with van der Waals surface area (Å²) in [5, 5.41) is 10.7. The fraction of sp³-hybridized carbons (Fsp3) is 0.500. The average Bonchev–Trinajstić information content (AvgIpc) is 2.85. The lowest BCUT2D eigenvalue weighted by Crippen LogP contribution is -2.29. The summed E-state index contributed by atoms with van der Waals surface area (Å²) in [6, 6.07) is 8.16. The Balaban J connectivity index is 1.71. The number of hydrogen-bond donors (Lipinski definition) is 1. The normalized spacial score (nSPS) is 23.7. The Hall–Kier alpha value is -1.48. The van der Waals surface area contributed by atoms with Gasteiger partial charge in [0.25, 0.3) is 0 Å². The van der Waals surface area contributed by atoms with E-state index >= 15 is 0 Å². The van der Waals surface area contributed by atoms with Gasteiger partial charge in [0.1, 0.15) is 11.8 Å². The van der Waals surface area contributed by atoms with E-state index in [4.69, 9.17) is 4.42 Å². The summed E-state index contributed by atoms with van der Waals surface area (Å²) in [6.45, 7) is 1.04. The topological polar surface area (TPSA) is 36.6 Å². The molecule has 102 valence electrons. The molecular weight excluding hydrogens is 238 g/mol. The Morgan fingerprint density at radius 2 is 1.95 bits per heavy atom. The minimum Gasteiger partial charge on any atom is -0.462 e. The third kappa shape index (κ3) is 2.61. The molecule has 19 heavy (non-hydrogen) atoms. The maximum absolute atomic E-state index is 9.56. The Morgan fingerprint density at radius 1 is 1.21 bits per heavy atom. The molecule has 0 radical (unpaired) electrons. The molecule has 1 aromatic carbocycles. The molecule has 1 aromatic heterocycles. The largest absolute Gasteiger partial charge is 0.462 e. The number of rotatable bonds is 3. The summed E-state index contributed by atoms with van der Waals surface area (Å²) in [7, 11) is 2.13. The van der Waals surface area contributed by atoms with Crippen LogP contribution in [0, 0.1) is 5.92 Å². The standard InChI is InChI=1S/C16H21NO2/c1-17(10-12-6-8-13(18)9-7-12)15-11-19-16-5-3-2-4-14(15)16/h2-5,11-13,18H,6-10H2,1H3. The second kappa shape index (κ2) is 5.25. The van der Waals surface area contributed by atoms with Crippen LogP contribution in [-0.4, -0.2) is 24.8 Å². The first kappa shape index (κ1) is 12.5. The molecule has 1 fully saturated rings. The van der Waals surface area contributed by atoms with Crippen LogP contribution in [0.4, 0.5) is 5.69 Å². The van der Waals surface area contributed by atoms with Crippen LogP contribution in [-0.2, 0) is 0 Å². The summed E-state index contributed by atoms with van der Waals surface area (Å²) < 4.78 is 5.59. The monoisotopic (exact) mass is 259 g/mol. The van der Waals surface area contributed by atoms with Gasteiger partial charge in [0, 0.05) is 19.0 Å². The smallest absolute Gasteiger partial charge is 0.136 e. The molecular formula is C16H21NO2. The van der Waals surface area contributed by atoms with Crippen molar-refractivity contribution in [3.8, 4) is 0 Å². The Labute approximate surface area is 113 Å². The van der Waals surface area contributed by atoms with Gasteiger partial charge in [0.2, 0.25) is 0 Å². The number of anilines is 1. The van der Waals surface area contributed by atoms with Crippen molar-refractivity contribution in [3.63, 3.8) is 0 Å². The minimum atomic E-state index is -0.0729. The van der Waals surface area contributed by atoms with Gasteiger partial charge < -0.3 is 14.4 Å². The zero-order valence-corrected chi connectivity index (χ0v) is 11.4. The van der Waals surface area contributed by atoms with Gasteiger partial charge in [-0.25, -0.2) is 0 Å². The predicted molar refractivity (Wildman–Crippen MR) is 77.4 cm³/mol. The maximum Gasteiger partial charge on any atom is 0.136 e. The summed E-state index contributed by atoms with van der Waals surface area (Å²) in [4.78, 5) is 2.29. The fourth-order valence-corrected chi connectivity index (χ4v) is 3.07. The first-order valence-electron chi connectivity index (χ1n) is 7.09. The fourth-order valence-electron chi connectivity index (χ4n) is 3.07. The quantitative estimate of drug-likeness (QED) is 0.917. The van der Waals surface area contributed by atoms with Crippen molar-refractivity contribution in [2.24, 2.45) is 5.92 Å². The number of benzene rings is 1. The lowest BCUT2D eigenvalue weighted by molar-refractivity contribution is 0.110. The van der Waals surface area contributed by atoms with Crippen LogP contribution >= 0.6 is 0 Å². The van der Waals surface area contributed by atoms with E-state index in [-0.39, 0.29) is 6.10 Å². The molecule has 1 saturated carbocycles. The Bertz CT molecular complexity index is 540. The van der Waals surface area contributed by atoms with Gasteiger partial charge in [-0.3, -0.25) is 0 Å². The van der Waals surface area contributed by atoms with Crippen LogP contribution < -0.4 is 4.90 Å². The number of furan rings is 1. The average molecular weight is 259 g/mol. The Morgan fingerprint density at radius 3 is 2.74 bits per heavy atom. The third-order valence-electron chi connectivity index (χ3n) is 4.22. The van der Waals surface area contributed by atoms with E-state index in [2.05, 4.69) is 18.0 Å². The van der Waals surface area contributed by atoms with Crippen LogP contribution in [0.15, 0.2) is 34.9 Å². The molecule has 0 saturated heterocycles. The van der Waals surface area contributed by atoms with Crippen molar-refractivity contribution in [3.05, 3.63) is 30.5 Å². The molecule has 1 aliphatic carbocycles. The van der Waals surface area contributed by atoms with Crippen molar-refractivity contribution in [2.75, 3.05) is 18.5 Å². The second-order valence-corrected chi connectivity index (χ2v) is 5.67. The maximum atomic E-state index is 9.56. The van der Waals surface area contributed by atoms with Gasteiger partial charge in [-0.05, 0) is 43.7 Å². The molecule has 1 aliphatic rings. The van der Waals surface area contributed by atoms with Gasteiger partial charge in [0.15, 0.2) is 0 Å². The van der Waals surface area contributed by atoms with E-state index in [1.165, 1.54) is 11.1 Å². The molecule has 0 bridgehead atoms. The molecule has 0 unspecified atom stereocenters. The van der Waals surface area contributed by atoms with E-state index in [1.54, 1.807) is 0 Å². The number of para-hydroxylation sites is 1. The number of hydrogen-bond acceptors (Lipinski definition) is 3. The van der Waals surface area contributed by atoms with E-state index in [1.807, 2.05) is 24.5 Å². The summed E-state index contributed by atoms with van der Waals surface area (Å²) in [5.41, 5.74) is 2.12.